The molecule has 2 atom stereocenters. The third kappa shape index (κ3) is 3.05. The summed E-state index contributed by atoms with van der Waals surface area (Å²) in [6, 6.07) is 5.87. The number of benzene rings is 1. The second kappa shape index (κ2) is 6.15. The molecule has 1 aromatic carbocycles. The molecule has 2 rings (SSSR count). The van der Waals surface area contributed by atoms with E-state index in [0.29, 0.717) is 5.92 Å². The van der Waals surface area contributed by atoms with E-state index < -0.39 is 0 Å². The van der Waals surface area contributed by atoms with Crippen LogP contribution in [0.3, 0.4) is 0 Å². The van der Waals surface area contributed by atoms with E-state index in [1.807, 2.05) is 19.1 Å². The lowest BCUT2D eigenvalue weighted by Gasteiger charge is -2.17. The molecule has 1 aliphatic rings. The Balaban J connectivity index is 2.30. The molecule has 2 unspecified atom stereocenters. The molecule has 0 fully saturated rings. The smallest absolute Gasteiger partial charge is 0.125 e. The summed E-state index contributed by atoms with van der Waals surface area (Å²) in [6.07, 6.45) is 1.08. The van der Waals surface area contributed by atoms with Crippen LogP contribution in [0.15, 0.2) is 12.1 Å². The Hall–Kier alpha value is -1.73. The molecule has 20 heavy (non-hydrogen) atoms. The largest absolute Gasteiger partial charge is 0.496 e. The van der Waals surface area contributed by atoms with Gasteiger partial charge in [0.05, 0.1) is 13.2 Å². The van der Waals surface area contributed by atoms with Crippen molar-refractivity contribution >= 4 is 0 Å². The maximum Gasteiger partial charge on any atom is 0.125 e. The monoisotopic (exact) mass is 274 g/mol. The fraction of sp³-hybridized carbons (Fsp3) is 0.562. The van der Waals surface area contributed by atoms with Crippen molar-refractivity contribution in [3.05, 3.63) is 23.3 Å². The van der Waals surface area contributed by atoms with Crippen LogP contribution < -0.4 is 14.8 Å². The van der Waals surface area contributed by atoms with Crippen LogP contribution in [0, 0.1) is 17.2 Å². The summed E-state index contributed by atoms with van der Waals surface area (Å²) in [4.78, 5) is 0. The first-order chi connectivity index (χ1) is 9.55. The van der Waals surface area contributed by atoms with Gasteiger partial charge in [-0.25, -0.2) is 0 Å². The quantitative estimate of drug-likeness (QED) is 0.897. The summed E-state index contributed by atoms with van der Waals surface area (Å²) < 4.78 is 11.2. The van der Waals surface area contributed by atoms with E-state index in [-0.39, 0.29) is 12.1 Å². The van der Waals surface area contributed by atoms with E-state index in [0.717, 1.165) is 35.6 Å². The lowest BCUT2D eigenvalue weighted by molar-refractivity contribution is 0.254. The number of nitriles is 1. The van der Waals surface area contributed by atoms with Gasteiger partial charge in [-0.05, 0) is 31.5 Å². The Bertz CT molecular complexity index is 520. The van der Waals surface area contributed by atoms with Crippen molar-refractivity contribution in [2.24, 2.45) is 5.92 Å². The van der Waals surface area contributed by atoms with Crippen LogP contribution >= 0.6 is 0 Å². The molecule has 0 radical (unpaired) electrons. The van der Waals surface area contributed by atoms with Gasteiger partial charge in [-0.3, -0.25) is 5.32 Å². The Morgan fingerprint density at radius 3 is 2.85 bits per heavy atom. The Morgan fingerprint density at radius 1 is 1.50 bits per heavy atom. The number of fused-ring (bicyclic) bond motifs is 1. The molecular weight excluding hydrogens is 252 g/mol. The number of ether oxygens (including phenoxy) is 2. The minimum absolute atomic E-state index is 0.189. The van der Waals surface area contributed by atoms with E-state index in [9.17, 15) is 5.26 Å². The van der Waals surface area contributed by atoms with Gasteiger partial charge >= 0.3 is 0 Å². The second-order valence-electron chi connectivity index (χ2n) is 5.70. The molecule has 1 heterocycles. The Morgan fingerprint density at radius 2 is 2.25 bits per heavy atom. The van der Waals surface area contributed by atoms with Crippen LogP contribution in [0.1, 0.15) is 37.9 Å². The summed E-state index contributed by atoms with van der Waals surface area (Å²) in [5.74, 6) is 2.12. The van der Waals surface area contributed by atoms with Crippen molar-refractivity contribution in [3.63, 3.8) is 0 Å². The van der Waals surface area contributed by atoms with Crippen LogP contribution in [0.25, 0.3) is 0 Å². The fourth-order valence-electron chi connectivity index (χ4n) is 2.44. The minimum atomic E-state index is -0.378. The molecule has 108 valence electrons. The third-order valence-electron chi connectivity index (χ3n) is 3.42. The van der Waals surface area contributed by atoms with Crippen molar-refractivity contribution in [2.45, 2.75) is 39.3 Å². The average molecular weight is 274 g/mol. The van der Waals surface area contributed by atoms with Crippen LogP contribution in [0.5, 0.6) is 11.5 Å². The number of nitrogens with one attached hydrogen (secondary N) is 1. The van der Waals surface area contributed by atoms with Gasteiger partial charge in [0.2, 0.25) is 0 Å². The summed E-state index contributed by atoms with van der Waals surface area (Å²) in [5, 5.41) is 12.7. The number of hydrogen-bond acceptors (Lipinski definition) is 4. The van der Waals surface area contributed by atoms with Crippen LogP contribution in [0.4, 0.5) is 0 Å². The fourth-order valence-corrected chi connectivity index (χ4v) is 2.44. The zero-order chi connectivity index (χ0) is 14.7. The Labute approximate surface area is 120 Å². The lowest BCUT2D eigenvalue weighted by atomic mass is 10.0. The maximum atomic E-state index is 9.40. The SMILES string of the molecule is COc1cc2c(cc1C(C#N)NCC(C)C)OC(C)C2. The number of rotatable bonds is 5. The zero-order valence-corrected chi connectivity index (χ0v) is 12.6. The van der Waals surface area contributed by atoms with Crippen molar-refractivity contribution in [1.82, 2.24) is 5.32 Å². The van der Waals surface area contributed by atoms with Gasteiger partial charge in [0.1, 0.15) is 23.6 Å². The van der Waals surface area contributed by atoms with Crippen LogP contribution in [-0.2, 0) is 6.42 Å². The van der Waals surface area contributed by atoms with Crippen molar-refractivity contribution < 1.29 is 9.47 Å². The summed E-state index contributed by atoms with van der Waals surface area (Å²) in [6.45, 7) is 7.07. The molecule has 0 saturated heterocycles. The summed E-state index contributed by atoms with van der Waals surface area (Å²) >= 11 is 0. The molecule has 1 N–H and O–H groups in total. The molecule has 0 amide bonds. The zero-order valence-electron chi connectivity index (χ0n) is 12.6. The molecular formula is C16H22N2O2. The minimum Gasteiger partial charge on any atom is -0.496 e. The van der Waals surface area contributed by atoms with Gasteiger partial charge in [0.15, 0.2) is 0 Å². The summed E-state index contributed by atoms with van der Waals surface area (Å²) in [7, 11) is 1.64. The van der Waals surface area contributed by atoms with Crippen molar-refractivity contribution in [3.8, 4) is 17.6 Å². The predicted molar refractivity (Wildman–Crippen MR) is 78.0 cm³/mol. The number of methoxy groups -OCH3 is 1. The summed E-state index contributed by atoms with van der Waals surface area (Å²) in [5.41, 5.74) is 2.00. The predicted octanol–water partition coefficient (Wildman–Crippen LogP) is 2.83. The highest BCUT2D eigenvalue weighted by Gasteiger charge is 2.24. The van der Waals surface area contributed by atoms with Crippen LogP contribution in [-0.4, -0.2) is 19.8 Å². The lowest BCUT2D eigenvalue weighted by Crippen LogP contribution is -2.24. The molecule has 4 nitrogen and oxygen atoms in total. The van der Waals surface area contributed by atoms with E-state index in [1.165, 1.54) is 0 Å². The normalized spacial score (nSPS) is 18.3. The van der Waals surface area contributed by atoms with E-state index >= 15 is 0 Å². The number of nitrogens with zero attached hydrogens (tertiary/aromatic N) is 1. The highest BCUT2D eigenvalue weighted by Crippen LogP contribution is 2.37. The molecule has 4 heteroatoms. The first kappa shape index (κ1) is 14.7. The molecule has 0 aliphatic carbocycles. The van der Waals surface area contributed by atoms with Gasteiger partial charge in [0, 0.05) is 17.5 Å². The third-order valence-corrected chi connectivity index (χ3v) is 3.42. The molecule has 0 saturated carbocycles. The topological polar surface area (TPSA) is 54.3 Å². The van der Waals surface area contributed by atoms with Crippen molar-refractivity contribution in [1.29, 1.82) is 5.26 Å². The van der Waals surface area contributed by atoms with Gasteiger partial charge < -0.3 is 9.47 Å². The second-order valence-corrected chi connectivity index (χ2v) is 5.70. The maximum absolute atomic E-state index is 9.40. The van der Waals surface area contributed by atoms with E-state index in [2.05, 4.69) is 25.2 Å². The van der Waals surface area contributed by atoms with Gasteiger partial charge in [-0.15, -0.1) is 0 Å². The highest BCUT2D eigenvalue weighted by molar-refractivity contribution is 5.51. The molecule has 1 aliphatic heterocycles. The standard InChI is InChI=1S/C16H22N2O2/c1-10(2)9-18-14(8-17)13-7-15-12(5-11(3)20-15)6-16(13)19-4/h6-7,10-11,14,18H,5,9H2,1-4H3. The first-order valence-corrected chi connectivity index (χ1v) is 7.05. The molecule has 0 aromatic heterocycles. The Kier molecular flexibility index (Phi) is 4.51. The van der Waals surface area contributed by atoms with Gasteiger partial charge in [-0.2, -0.15) is 5.26 Å². The van der Waals surface area contributed by atoms with E-state index in [1.54, 1.807) is 7.11 Å². The van der Waals surface area contributed by atoms with Crippen molar-refractivity contribution in [2.75, 3.05) is 13.7 Å². The van der Waals surface area contributed by atoms with Crippen LogP contribution in [0.2, 0.25) is 0 Å². The van der Waals surface area contributed by atoms with E-state index in [4.69, 9.17) is 9.47 Å². The number of hydrogen-bond donors (Lipinski definition) is 1. The highest BCUT2D eigenvalue weighted by atomic mass is 16.5. The first-order valence-electron chi connectivity index (χ1n) is 7.05. The average Bonchev–Trinajstić information content (AvgIpc) is 2.77. The van der Waals surface area contributed by atoms with Gasteiger partial charge in [0.25, 0.3) is 0 Å². The molecule has 1 aromatic rings. The molecule has 0 bridgehead atoms. The van der Waals surface area contributed by atoms with Gasteiger partial charge in [-0.1, -0.05) is 13.8 Å². The molecule has 0 spiro atoms.